The van der Waals surface area contributed by atoms with Crippen LogP contribution in [0, 0.1) is 0 Å². The first-order chi connectivity index (χ1) is 14.6. The number of anilines is 1. The van der Waals surface area contributed by atoms with E-state index in [9.17, 15) is 8.42 Å². The van der Waals surface area contributed by atoms with E-state index in [2.05, 4.69) is 9.88 Å². The zero-order chi connectivity index (χ0) is 20.6. The smallest absolute Gasteiger partial charge is 0.252 e. The van der Waals surface area contributed by atoms with Gasteiger partial charge in [-0.15, -0.1) is 11.3 Å². The molecule has 5 heterocycles. The van der Waals surface area contributed by atoms with Crippen molar-refractivity contribution in [1.82, 2.24) is 19.3 Å². The second kappa shape index (κ2) is 8.05. The zero-order valence-electron chi connectivity index (χ0n) is 16.6. The van der Waals surface area contributed by atoms with Crippen LogP contribution < -0.4 is 4.90 Å². The summed E-state index contributed by atoms with van der Waals surface area (Å²) < 4.78 is 28.2. The fraction of sp³-hybridized carbons (Fsp3) is 0.381. The van der Waals surface area contributed by atoms with Gasteiger partial charge in [-0.25, -0.2) is 18.4 Å². The standard InChI is InChI=1S/C21H23N5O2S2/c27-30(28,19-5-4-14-29-19)26-13-8-18-17(15-26)21(25-11-2-1-3-12-25)24-20(23-18)16-6-9-22-10-7-16/h4-7,9-10,14H,1-3,8,11-13,15H2. The quantitative estimate of drug-likeness (QED) is 0.618. The van der Waals surface area contributed by atoms with Gasteiger partial charge in [0.2, 0.25) is 0 Å². The zero-order valence-corrected chi connectivity index (χ0v) is 18.2. The number of pyridine rings is 1. The Morgan fingerprint density at radius 2 is 1.77 bits per heavy atom. The number of rotatable bonds is 4. The Morgan fingerprint density at radius 1 is 0.967 bits per heavy atom. The molecule has 0 aliphatic carbocycles. The van der Waals surface area contributed by atoms with Gasteiger partial charge in [0.05, 0.1) is 5.69 Å². The first-order valence-electron chi connectivity index (χ1n) is 10.2. The summed E-state index contributed by atoms with van der Waals surface area (Å²) in [6.07, 6.45) is 7.55. The highest BCUT2D eigenvalue weighted by molar-refractivity contribution is 7.91. The van der Waals surface area contributed by atoms with Crippen molar-refractivity contribution in [2.75, 3.05) is 24.5 Å². The number of piperidine rings is 1. The van der Waals surface area contributed by atoms with Crippen molar-refractivity contribution in [3.63, 3.8) is 0 Å². The summed E-state index contributed by atoms with van der Waals surface area (Å²) in [4.78, 5) is 16.2. The summed E-state index contributed by atoms with van der Waals surface area (Å²) in [5.41, 5.74) is 2.83. The summed E-state index contributed by atoms with van der Waals surface area (Å²) in [5.74, 6) is 1.57. The number of sulfonamides is 1. The molecular formula is C21H23N5O2S2. The SMILES string of the molecule is O=S(=O)(c1cccs1)N1CCc2nc(-c3ccncc3)nc(N3CCCCC3)c2C1. The highest BCUT2D eigenvalue weighted by Crippen LogP contribution is 2.33. The Hall–Kier alpha value is -2.36. The van der Waals surface area contributed by atoms with Crippen LogP contribution in [0.25, 0.3) is 11.4 Å². The topological polar surface area (TPSA) is 79.3 Å². The minimum absolute atomic E-state index is 0.317. The Kier molecular flexibility index (Phi) is 5.26. The monoisotopic (exact) mass is 441 g/mol. The van der Waals surface area contributed by atoms with Crippen LogP contribution in [-0.4, -0.2) is 47.3 Å². The second-order valence-electron chi connectivity index (χ2n) is 7.60. The van der Waals surface area contributed by atoms with Crippen molar-refractivity contribution in [1.29, 1.82) is 0 Å². The molecule has 2 aliphatic rings. The maximum atomic E-state index is 13.1. The van der Waals surface area contributed by atoms with Gasteiger partial charge >= 0.3 is 0 Å². The molecule has 3 aromatic rings. The molecule has 0 N–H and O–H groups in total. The van der Waals surface area contributed by atoms with E-state index in [-0.39, 0.29) is 0 Å². The molecule has 1 saturated heterocycles. The molecule has 7 nitrogen and oxygen atoms in total. The summed E-state index contributed by atoms with van der Waals surface area (Å²) >= 11 is 1.26. The van der Waals surface area contributed by atoms with Crippen molar-refractivity contribution < 1.29 is 8.42 Å². The van der Waals surface area contributed by atoms with Crippen LogP contribution in [0.5, 0.6) is 0 Å². The Morgan fingerprint density at radius 3 is 2.50 bits per heavy atom. The fourth-order valence-corrected chi connectivity index (χ4v) is 6.67. The highest BCUT2D eigenvalue weighted by atomic mass is 32.2. The maximum Gasteiger partial charge on any atom is 0.252 e. The maximum absolute atomic E-state index is 13.1. The van der Waals surface area contributed by atoms with Gasteiger partial charge in [-0.1, -0.05) is 6.07 Å². The average Bonchev–Trinajstić information content (AvgIpc) is 3.35. The van der Waals surface area contributed by atoms with E-state index in [4.69, 9.17) is 9.97 Å². The fourth-order valence-electron chi connectivity index (χ4n) is 4.11. The van der Waals surface area contributed by atoms with Gasteiger partial charge in [0, 0.05) is 56.1 Å². The molecule has 0 bridgehead atoms. The highest BCUT2D eigenvalue weighted by Gasteiger charge is 2.33. The van der Waals surface area contributed by atoms with Gasteiger partial charge in [0.15, 0.2) is 5.82 Å². The minimum atomic E-state index is -3.50. The second-order valence-corrected chi connectivity index (χ2v) is 10.7. The molecule has 2 aliphatic heterocycles. The normalized spacial score (nSPS) is 17.7. The average molecular weight is 442 g/mol. The Balaban J connectivity index is 1.57. The molecule has 9 heteroatoms. The lowest BCUT2D eigenvalue weighted by atomic mass is 10.0. The predicted octanol–water partition coefficient (Wildman–Crippen LogP) is 3.34. The number of fused-ring (bicyclic) bond motifs is 1. The molecule has 0 spiro atoms. The van der Waals surface area contributed by atoms with Gasteiger partial charge in [0.25, 0.3) is 10.0 Å². The third kappa shape index (κ3) is 3.61. The van der Waals surface area contributed by atoms with Gasteiger partial charge in [-0.3, -0.25) is 4.98 Å². The lowest BCUT2D eigenvalue weighted by molar-refractivity contribution is 0.387. The van der Waals surface area contributed by atoms with E-state index >= 15 is 0 Å². The van der Waals surface area contributed by atoms with Crippen molar-refractivity contribution in [2.24, 2.45) is 0 Å². The molecular weight excluding hydrogens is 418 g/mol. The van der Waals surface area contributed by atoms with Gasteiger partial charge in [-0.05, 0) is 42.8 Å². The summed E-state index contributed by atoms with van der Waals surface area (Å²) in [7, 11) is -3.50. The summed E-state index contributed by atoms with van der Waals surface area (Å²) in [6, 6.07) is 7.28. The molecule has 0 radical (unpaired) electrons. The van der Waals surface area contributed by atoms with Gasteiger partial charge in [0.1, 0.15) is 10.0 Å². The van der Waals surface area contributed by atoms with Gasteiger partial charge in [-0.2, -0.15) is 4.31 Å². The van der Waals surface area contributed by atoms with Gasteiger partial charge < -0.3 is 4.90 Å². The number of aromatic nitrogens is 3. The predicted molar refractivity (Wildman–Crippen MR) is 117 cm³/mol. The van der Waals surface area contributed by atoms with E-state index in [1.807, 2.05) is 12.1 Å². The summed E-state index contributed by atoms with van der Waals surface area (Å²) in [6.45, 7) is 2.63. The first-order valence-corrected chi connectivity index (χ1v) is 12.5. The largest absolute Gasteiger partial charge is 0.356 e. The first kappa shape index (κ1) is 19.6. The third-order valence-electron chi connectivity index (χ3n) is 5.69. The van der Waals surface area contributed by atoms with Crippen molar-refractivity contribution in [2.45, 2.75) is 36.4 Å². The van der Waals surface area contributed by atoms with Crippen molar-refractivity contribution in [3.8, 4) is 11.4 Å². The van der Waals surface area contributed by atoms with E-state index in [0.717, 1.165) is 48.6 Å². The number of nitrogens with zero attached hydrogens (tertiary/aromatic N) is 5. The van der Waals surface area contributed by atoms with Crippen molar-refractivity contribution >= 4 is 27.2 Å². The van der Waals surface area contributed by atoms with E-state index in [1.54, 1.807) is 34.2 Å². The number of thiophene rings is 1. The molecule has 1 fully saturated rings. The van der Waals surface area contributed by atoms with Crippen LogP contribution in [0.3, 0.4) is 0 Å². The summed E-state index contributed by atoms with van der Waals surface area (Å²) in [5, 5.41) is 1.80. The Labute approximate surface area is 180 Å². The molecule has 0 aromatic carbocycles. The number of hydrogen-bond acceptors (Lipinski definition) is 7. The van der Waals surface area contributed by atoms with Crippen LogP contribution in [0.2, 0.25) is 0 Å². The van der Waals surface area contributed by atoms with Crippen molar-refractivity contribution in [3.05, 3.63) is 53.3 Å². The minimum Gasteiger partial charge on any atom is -0.356 e. The molecule has 156 valence electrons. The molecule has 0 amide bonds. The molecule has 5 rings (SSSR count). The van der Waals surface area contributed by atoms with E-state index in [0.29, 0.717) is 29.5 Å². The van der Waals surface area contributed by atoms with Crippen LogP contribution in [-0.2, 0) is 23.0 Å². The lowest BCUT2D eigenvalue weighted by Gasteiger charge is -2.34. The third-order valence-corrected chi connectivity index (χ3v) is 8.90. The van der Waals surface area contributed by atoms with Crippen LogP contribution in [0.15, 0.2) is 46.2 Å². The van der Waals surface area contributed by atoms with E-state index < -0.39 is 10.0 Å². The Bertz CT molecular complexity index is 1130. The van der Waals surface area contributed by atoms with Crippen LogP contribution in [0.1, 0.15) is 30.5 Å². The lowest BCUT2D eigenvalue weighted by Crippen LogP contribution is -2.39. The number of hydrogen-bond donors (Lipinski definition) is 0. The van der Waals surface area contributed by atoms with E-state index in [1.165, 1.54) is 17.8 Å². The van der Waals surface area contributed by atoms with Crippen LogP contribution in [0.4, 0.5) is 5.82 Å². The molecule has 3 aromatic heterocycles. The molecule has 0 unspecified atom stereocenters. The molecule has 0 saturated carbocycles. The molecule has 0 atom stereocenters. The molecule has 30 heavy (non-hydrogen) atoms. The van der Waals surface area contributed by atoms with Crippen LogP contribution >= 0.6 is 11.3 Å².